The second kappa shape index (κ2) is 31.7. The second-order valence-corrected chi connectivity index (χ2v) is 16.7. The van der Waals surface area contributed by atoms with Crippen molar-refractivity contribution in [3.8, 4) is 0 Å². The molecule has 3 amide bonds. The van der Waals surface area contributed by atoms with E-state index in [0.717, 1.165) is 24.8 Å². The van der Waals surface area contributed by atoms with Gasteiger partial charge in [-0.3, -0.25) is 33.8 Å². The first-order valence-corrected chi connectivity index (χ1v) is 22.4. The molecule has 0 bridgehead atoms. The van der Waals surface area contributed by atoms with E-state index in [1.807, 2.05) is 18.2 Å². The summed E-state index contributed by atoms with van der Waals surface area (Å²) >= 11 is 0. The Kier molecular flexibility index (Phi) is 28.4. The highest BCUT2D eigenvalue weighted by Gasteiger charge is 2.34. The van der Waals surface area contributed by atoms with E-state index in [9.17, 15) is 39.0 Å². The molecule has 1 rings (SSSR count). The molecule has 1 aromatic rings. The van der Waals surface area contributed by atoms with E-state index in [1.54, 1.807) is 26.0 Å². The Morgan fingerprint density at radius 2 is 1.23 bits per heavy atom. The van der Waals surface area contributed by atoms with E-state index >= 15 is 0 Å². The Balaban J connectivity index is 2.97. The molecule has 0 saturated carbocycles. The number of benzene rings is 1. The van der Waals surface area contributed by atoms with Crippen molar-refractivity contribution >= 4 is 41.0 Å². The highest BCUT2D eigenvalue weighted by Crippen LogP contribution is 2.19. The number of nitrogens with one attached hydrogen (secondary N) is 3. The number of ketones is 3. The van der Waals surface area contributed by atoms with Crippen LogP contribution in [0.3, 0.4) is 0 Å². The van der Waals surface area contributed by atoms with Gasteiger partial charge in [0.25, 0.3) is 0 Å². The lowest BCUT2D eigenvalue weighted by atomic mass is 9.87. The van der Waals surface area contributed by atoms with Crippen LogP contribution in [0.25, 0.3) is 0 Å². The zero-order chi connectivity index (χ0) is 44.9. The number of hydrogen-bond donors (Lipinski definition) is 7. The van der Waals surface area contributed by atoms with Crippen LogP contribution < -0.4 is 27.4 Å². The summed E-state index contributed by atoms with van der Waals surface area (Å²) in [6, 6.07) is 5.67. The normalized spacial score (nSPS) is 14.3. The number of rotatable bonds is 35. The van der Waals surface area contributed by atoms with Crippen LogP contribution in [0.1, 0.15) is 156 Å². The molecule has 6 atom stereocenters. The van der Waals surface area contributed by atoms with E-state index < -0.39 is 72.0 Å². The van der Waals surface area contributed by atoms with Crippen LogP contribution >= 0.6 is 0 Å². The zero-order valence-corrected chi connectivity index (χ0v) is 37.2. The predicted molar refractivity (Wildman–Crippen MR) is 237 cm³/mol. The Bertz CT molecular complexity index is 1450. The van der Waals surface area contributed by atoms with Gasteiger partial charge >= 0.3 is 0 Å². The number of nitrogens with zero attached hydrogens (tertiary/aromatic N) is 1. The van der Waals surface area contributed by atoms with E-state index in [1.165, 1.54) is 71.6 Å². The smallest absolute Gasteiger partial charge is 0.245 e. The highest BCUT2D eigenvalue weighted by molar-refractivity contribution is 5.96. The lowest BCUT2D eigenvalue weighted by Crippen LogP contribution is -2.57. The number of guanidine groups is 1. The Labute approximate surface area is 359 Å². The summed E-state index contributed by atoms with van der Waals surface area (Å²) in [7, 11) is 0. The summed E-state index contributed by atoms with van der Waals surface area (Å²) in [4.78, 5) is 83.9. The molecule has 0 aliphatic carbocycles. The number of carbonyl (C=O) groups is 6. The van der Waals surface area contributed by atoms with Crippen LogP contribution in [0.5, 0.6) is 0 Å². The average molecular weight is 843 g/mol. The van der Waals surface area contributed by atoms with Crippen molar-refractivity contribution in [2.45, 2.75) is 181 Å². The average Bonchev–Trinajstić information content (AvgIpc) is 3.20. The molecule has 0 aromatic heterocycles. The van der Waals surface area contributed by atoms with Crippen molar-refractivity contribution in [3.63, 3.8) is 0 Å². The van der Waals surface area contributed by atoms with E-state index in [2.05, 4.69) is 27.9 Å². The first-order valence-electron chi connectivity index (χ1n) is 22.4. The number of nitrogens with two attached hydrogens (primary N) is 2. The number of Topliss-reactive ketones (excluding diaryl/α,β-unsaturated/α-hetero) is 3. The summed E-state index contributed by atoms with van der Waals surface area (Å²) in [5.74, 6) is -5.34. The molecule has 9 N–H and O–H groups in total. The molecule has 14 nitrogen and oxygen atoms in total. The lowest BCUT2D eigenvalue weighted by molar-refractivity contribution is -0.136. The molecule has 0 heterocycles. The molecule has 0 radical (unpaired) electrons. The fourth-order valence-corrected chi connectivity index (χ4v) is 7.17. The van der Waals surface area contributed by atoms with Gasteiger partial charge in [-0.05, 0) is 51.0 Å². The van der Waals surface area contributed by atoms with Gasteiger partial charge in [0.1, 0.15) is 11.8 Å². The summed E-state index contributed by atoms with van der Waals surface area (Å²) in [5, 5.41) is 28.4. The van der Waals surface area contributed by atoms with Gasteiger partial charge in [-0.25, -0.2) is 0 Å². The molecular formula is C46H78N6O8. The zero-order valence-electron chi connectivity index (χ0n) is 37.2. The maximum Gasteiger partial charge on any atom is 0.245 e. The maximum atomic E-state index is 14.0. The molecule has 14 heteroatoms. The van der Waals surface area contributed by atoms with Crippen LogP contribution in [0.15, 0.2) is 35.3 Å². The number of amides is 3. The van der Waals surface area contributed by atoms with Gasteiger partial charge in [0.2, 0.25) is 17.7 Å². The minimum absolute atomic E-state index is 0.126. The van der Waals surface area contributed by atoms with Crippen molar-refractivity contribution in [2.75, 3.05) is 13.2 Å². The van der Waals surface area contributed by atoms with Gasteiger partial charge < -0.3 is 37.6 Å². The predicted octanol–water partition coefficient (Wildman–Crippen LogP) is 4.99. The first kappa shape index (κ1) is 53.8. The van der Waals surface area contributed by atoms with Gasteiger partial charge in [0.05, 0.1) is 24.8 Å². The molecule has 0 unspecified atom stereocenters. The molecule has 1 aromatic carbocycles. The number of unbranched alkanes of at least 4 members (excludes halogenated alkanes) is 12. The molecule has 0 spiro atoms. The van der Waals surface area contributed by atoms with Crippen molar-refractivity contribution in [2.24, 2.45) is 34.2 Å². The van der Waals surface area contributed by atoms with Crippen LogP contribution in [-0.4, -0.2) is 88.6 Å². The molecule has 0 saturated heterocycles. The third-order valence-electron chi connectivity index (χ3n) is 10.9. The molecule has 340 valence electrons. The third kappa shape index (κ3) is 23.6. The molecule has 0 aliphatic heterocycles. The molecular weight excluding hydrogens is 765 g/mol. The summed E-state index contributed by atoms with van der Waals surface area (Å²) in [5.41, 5.74) is 11.7. The van der Waals surface area contributed by atoms with Gasteiger partial charge in [-0.1, -0.05) is 128 Å². The van der Waals surface area contributed by atoms with Gasteiger partial charge in [-0.15, -0.1) is 0 Å². The SMILES string of the molecule is CCCCCCCCCCCCCCCC(=O)N[C@H](C(=O)N[C@H](C(=O)C[C@@H](Cc1ccccc1)C(=O)N[C@@H](CCCN=C(N)N)C(=O)C[C@@H](CO)C(C)=O)C(C)C)[C@@H](C)O. The summed E-state index contributed by atoms with van der Waals surface area (Å²) in [6.45, 7) is 8.07. The molecule has 0 aliphatic rings. The van der Waals surface area contributed by atoms with Crippen LogP contribution in [0.2, 0.25) is 0 Å². The minimum Gasteiger partial charge on any atom is -0.396 e. The number of aliphatic hydroxyl groups excluding tert-OH is 2. The summed E-state index contributed by atoms with van der Waals surface area (Å²) in [6.07, 6.45) is 14.3. The van der Waals surface area contributed by atoms with Gasteiger partial charge in [0, 0.05) is 37.6 Å². The first-order chi connectivity index (χ1) is 28.6. The number of carbonyl (C=O) groups excluding carboxylic acids is 6. The number of aliphatic hydroxyl groups is 2. The van der Waals surface area contributed by atoms with Crippen molar-refractivity contribution < 1.29 is 39.0 Å². The van der Waals surface area contributed by atoms with Gasteiger partial charge in [0.15, 0.2) is 17.5 Å². The van der Waals surface area contributed by atoms with E-state index in [4.69, 9.17) is 11.5 Å². The Hall–Kier alpha value is -4.17. The quantitative estimate of drug-likeness (QED) is 0.0274. The van der Waals surface area contributed by atoms with Crippen LogP contribution in [0.4, 0.5) is 0 Å². The largest absolute Gasteiger partial charge is 0.396 e. The Morgan fingerprint density at radius 3 is 1.73 bits per heavy atom. The van der Waals surface area contributed by atoms with Crippen molar-refractivity contribution in [1.29, 1.82) is 0 Å². The fourth-order valence-electron chi connectivity index (χ4n) is 7.17. The maximum absolute atomic E-state index is 14.0. The monoisotopic (exact) mass is 843 g/mol. The van der Waals surface area contributed by atoms with Crippen LogP contribution in [0, 0.1) is 17.8 Å². The minimum atomic E-state index is -1.29. The van der Waals surface area contributed by atoms with Crippen molar-refractivity contribution in [3.05, 3.63) is 35.9 Å². The van der Waals surface area contributed by atoms with Crippen LogP contribution in [-0.2, 0) is 35.2 Å². The second-order valence-electron chi connectivity index (χ2n) is 16.7. The highest BCUT2D eigenvalue weighted by atomic mass is 16.3. The number of aliphatic imine (C=N–C) groups is 1. The lowest BCUT2D eigenvalue weighted by Gasteiger charge is -2.28. The van der Waals surface area contributed by atoms with E-state index in [-0.39, 0.29) is 56.3 Å². The Morgan fingerprint density at radius 1 is 0.683 bits per heavy atom. The molecule has 0 fully saturated rings. The summed E-state index contributed by atoms with van der Waals surface area (Å²) < 4.78 is 0. The third-order valence-corrected chi connectivity index (χ3v) is 10.9. The van der Waals surface area contributed by atoms with Gasteiger partial charge in [-0.2, -0.15) is 0 Å². The number of hydrogen-bond acceptors (Lipinski definition) is 9. The fraction of sp³-hybridized carbons (Fsp3) is 0.717. The molecule has 60 heavy (non-hydrogen) atoms. The van der Waals surface area contributed by atoms with Crippen molar-refractivity contribution in [1.82, 2.24) is 16.0 Å². The standard InChI is InChI=1S/C46H78N6O8/c1-6-7-8-9-10-11-12-13-14-15-16-17-21-26-41(58)51-43(34(5)55)45(60)52-42(32(2)3)40(57)29-36(28-35-23-19-18-20-24-35)44(59)50-38(25-22-27-49-46(47)48)39(56)30-37(31-53)33(4)54/h18-20,23-24,32,34,36-38,42-43,53,55H,6-17,21-22,25-31H2,1-5H3,(H,50,59)(H,51,58)(H,52,60)(H4,47,48,49)/t34-,36-,37+,38+,42+,43+/m1/s1. The van der Waals surface area contributed by atoms with E-state index in [0.29, 0.717) is 12.8 Å². The topological polar surface area (TPSA) is 243 Å².